The number of nitrogens with two attached hydrogens (primary N) is 1. The summed E-state index contributed by atoms with van der Waals surface area (Å²) in [6, 6.07) is 14.5. The van der Waals surface area contributed by atoms with Gasteiger partial charge in [-0.1, -0.05) is 6.07 Å². The monoisotopic (exact) mass is 407 g/mol. The van der Waals surface area contributed by atoms with E-state index in [2.05, 4.69) is 4.98 Å². The van der Waals surface area contributed by atoms with Crippen LogP contribution in [0.25, 0.3) is 16.6 Å². The summed E-state index contributed by atoms with van der Waals surface area (Å²) >= 11 is 0. The zero-order chi connectivity index (χ0) is 20.8. The van der Waals surface area contributed by atoms with Crippen LogP contribution in [0.2, 0.25) is 0 Å². The van der Waals surface area contributed by atoms with Gasteiger partial charge >= 0.3 is 0 Å². The summed E-state index contributed by atoms with van der Waals surface area (Å²) in [6.07, 6.45) is 3.58. The van der Waals surface area contributed by atoms with E-state index in [-0.39, 0.29) is 16.2 Å². The predicted octanol–water partition coefficient (Wildman–Crippen LogP) is 3.44. The van der Waals surface area contributed by atoms with E-state index < -0.39 is 15.7 Å². The van der Waals surface area contributed by atoms with Crippen molar-refractivity contribution < 1.29 is 13.2 Å². The molecule has 148 valence electrons. The van der Waals surface area contributed by atoms with Crippen molar-refractivity contribution in [3.63, 3.8) is 0 Å². The van der Waals surface area contributed by atoms with Gasteiger partial charge in [0, 0.05) is 34.7 Å². The molecule has 29 heavy (non-hydrogen) atoms. The number of H-pyrrole nitrogens is 1. The third-order valence-corrected chi connectivity index (χ3v) is 6.70. The molecule has 7 heteroatoms. The van der Waals surface area contributed by atoms with Crippen LogP contribution >= 0.6 is 0 Å². The first-order chi connectivity index (χ1) is 13.8. The first-order valence-electron chi connectivity index (χ1n) is 9.15. The summed E-state index contributed by atoms with van der Waals surface area (Å²) in [5.41, 5.74) is 8.87. The summed E-state index contributed by atoms with van der Waals surface area (Å²) in [7, 11) is -3.88. The molecule has 3 N–H and O–H groups in total. The second kappa shape index (κ2) is 6.93. The molecule has 0 unspecified atom stereocenters. The van der Waals surface area contributed by atoms with E-state index in [4.69, 9.17) is 5.73 Å². The molecule has 0 saturated carbocycles. The van der Waals surface area contributed by atoms with Gasteiger partial charge in [-0.05, 0) is 67.4 Å². The minimum atomic E-state index is -3.88. The highest BCUT2D eigenvalue weighted by Gasteiger charge is 2.27. The Balaban J connectivity index is 2.01. The summed E-state index contributed by atoms with van der Waals surface area (Å²) in [5, 5.41) is 0.534. The molecule has 2 aromatic carbocycles. The number of hydrogen-bond donors (Lipinski definition) is 2. The quantitative estimate of drug-likeness (QED) is 0.530. The molecular weight excluding hydrogens is 386 g/mol. The lowest BCUT2D eigenvalue weighted by atomic mass is 10.2. The van der Waals surface area contributed by atoms with Gasteiger partial charge in [-0.15, -0.1) is 0 Å². The lowest BCUT2D eigenvalue weighted by Crippen LogP contribution is -2.16. The van der Waals surface area contributed by atoms with Crippen LogP contribution in [0.5, 0.6) is 0 Å². The Morgan fingerprint density at radius 2 is 1.69 bits per heavy atom. The Kier molecular flexibility index (Phi) is 4.55. The average molecular weight is 407 g/mol. The van der Waals surface area contributed by atoms with E-state index in [0.717, 1.165) is 16.8 Å². The van der Waals surface area contributed by atoms with Crippen LogP contribution in [-0.2, 0) is 21.1 Å². The molecule has 6 nitrogen and oxygen atoms in total. The number of primary amides is 1. The van der Waals surface area contributed by atoms with Gasteiger partial charge in [0.25, 0.3) is 0 Å². The molecule has 0 saturated heterocycles. The number of carbonyl (C=O) groups is 1. The minimum Gasteiger partial charge on any atom is -0.369 e. The van der Waals surface area contributed by atoms with Gasteiger partial charge < -0.3 is 15.3 Å². The summed E-state index contributed by atoms with van der Waals surface area (Å²) in [6.45, 7) is 3.71. The normalized spacial score (nSPS) is 11.8. The molecule has 0 bridgehead atoms. The maximum atomic E-state index is 13.6. The molecule has 1 amide bonds. The molecule has 0 aliphatic heterocycles. The number of nitrogens with one attached hydrogen (secondary N) is 1. The lowest BCUT2D eigenvalue weighted by Gasteiger charge is -2.09. The lowest BCUT2D eigenvalue weighted by molar-refractivity contribution is -0.117. The molecule has 0 fully saturated rings. The van der Waals surface area contributed by atoms with Crippen LogP contribution in [0.4, 0.5) is 0 Å². The number of fused-ring (bicyclic) bond motifs is 1. The van der Waals surface area contributed by atoms with E-state index in [1.54, 1.807) is 12.1 Å². The van der Waals surface area contributed by atoms with Gasteiger partial charge in [0.05, 0.1) is 11.3 Å². The van der Waals surface area contributed by atoms with Crippen molar-refractivity contribution in [2.45, 2.75) is 30.1 Å². The number of aryl methyl sites for hydroxylation is 2. The van der Waals surface area contributed by atoms with E-state index in [9.17, 15) is 13.2 Å². The molecule has 0 radical (unpaired) electrons. The number of hydrogen-bond acceptors (Lipinski definition) is 3. The van der Waals surface area contributed by atoms with Crippen molar-refractivity contribution in [2.24, 2.45) is 5.73 Å². The summed E-state index contributed by atoms with van der Waals surface area (Å²) < 4.78 is 29.2. The number of rotatable bonds is 5. The number of aromatic nitrogens is 2. The molecule has 0 aliphatic rings. The van der Waals surface area contributed by atoms with Crippen LogP contribution in [-0.4, -0.2) is 23.9 Å². The summed E-state index contributed by atoms with van der Waals surface area (Å²) in [5.74, 6) is -0.598. The molecule has 2 aromatic heterocycles. The van der Waals surface area contributed by atoms with E-state index in [1.165, 1.54) is 0 Å². The van der Waals surface area contributed by atoms with Gasteiger partial charge in [0.1, 0.15) is 4.90 Å². The van der Waals surface area contributed by atoms with E-state index in [0.29, 0.717) is 16.6 Å². The van der Waals surface area contributed by atoms with Crippen LogP contribution in [0.1, 0.15) is 16.8 Å². The maximum Gasteiger partial charge on any atom is 0.223 e. The number of benzene rings is 2. The second-order valence-electron chi connectivity index (χ2n) is 7.22. The largest absolute Gasteiger partial charge is 0.369 e. The third-order valence-electron chi connectivity index (χ3n) is 4.84. The van der Waals surface area contributed by atoms with Crippen molar-refractivity contribution in [2.75, 3.05) is 0 Å². The molecular formula is C22H21N3O3S. The van der Waals surface area contributed by atoms with Crippen molar-refractivity contribution in [1.82, 2.24) is 9.55 Å². The van der Waals surface area contributed by atoms with Crippen LogP contribution in [0.3, 0.4) is 0 Å². The highest BCUT2D eigenvalue weighted by atomic mass is 32.2. The Bertz CT molecular complexity index is 1310. The molecule has 4 aromatic rings. The topological polar surface area (TPSA) is 97.9 Å². The summed E-state index contributed by atoms with van der Waals surface area (Å²) in [4.78, 5) is 15.0. The van der Waals surface area contributed by atoms with Crippen LogP contribution in [0, 0.1) is 13.8 Å². The Labute approximate surface area is 168 Å². The van der Waals surface area contributed by atoms with Crippen molar-refractivity contribution >= 4 is 26.6 Å². The fraction of sp³-hybridized carbons (Fsp3) is 0.136. The standard InChI is InChI=1S/C22H21N3O3S/c1-14-9-15(2)11-17(10-14)29(27,28)22-18-12-16(25-7-3-4-8-25)5-6-19(18)24-20(22)13-21(23)26/h3-12,24H,13H2,1-2H3,(H2,23,26). The van der Waals surface area contributed by atoms with Crippen molar-refractivity contribution in [3.8, 4) is 5.69 Å². The molecule has 0 spiro atoms. The van der Waals surface area contributed by atoms with E-state index in [1.807, 2.05) is 67.2 Å². The maximum absolute atomic E-state index is 13.6. The second-order valence-corrected chi connectivity index (χ2v) is 9.11. The number of aromatic amines is 1. The third kappa shape index (κ3) is 3.45. The smallest absolute Gasteiger partial charge is 0.223 e. The Hall–Kier alpha value is -3.32. The fourth-order valence-electron chi connectivity index (χ4n) is 3.69. The number of carbonyl (C=O) groups excluding carboxylic acids is 1. The highest BCUT2D eigenvalue weighted by Crippen LogP contribution is 2.34. The van der Waals surface area contributed by atoms with Crippen LogP contribution < -0.4 is 5.73 Å². The number of sulfone groups is 1. The number of amides is 1. The Morgan fingerprint density at radius 3 is 2.31 bits per heavy atom. The molecule has 0 aliphatic carbocycles. The molecule has 0 atom stereocenters. The molecule has 2 heterocycles. The van der Waals surface area contributed by atoms with Gasteiger partial charge in [-0.25, -0.2) is 8.42 Å². The average Bonchev–Trinajstić information content (AvgIpc) is 3.27. The predicted molar refractivity (Wildman–Crippen MR) is 112 cm³/mol. The van der Waals surface area contributed by atoms with Crippen molar-refractivity contribution in [3.05, 3.63) is 77.7 Å². The van der Waals surface area contributed by atoms with Gasteiger partial charge in [-0.2, -0.15) is 0 Å². The minimum absolute atomic E-state index is 0.102. The first-order valence-corrected chi connectivity index (χ1v) is 10.6. The van der Waals surface area contributed by atoms with Gasteiger partial charge in [0.2, 0.25) is 15.7 Å². The van der Waals surface area contributed by atoms with E-state index >= 15 is 0 Å². The fourth-order valence-corrected chi connectivity index (χ4v) is 5.51. The Morgan fingerprint density at radius 1 is 1.03 bits per heavy atom. The number of nitrogens with zero attached hydrogens (tertiary/aromatic N) is 1. The first kappa shape index (κ1) is 19.0. The van der Waals surface area contributed by atoms with Crippen molar-refractivity contribution in [1.29, 1.82) is 0 Å². The SMILES string of the molecule is Cc1cc(C)cc(S(=O)(=O)c2c(CC(N)=O)[nH]c3ccc(-n4cccc4)cc23)c1. The highest BCUT2D eigenvalue weighted by molar-refractivity contribution is 7.91. The van der Waals surface area contributed by atoms with Gasteiger partial charge in [0.15, 0.2) is 0 Å². The zero-order valence-electron chi connectivity index (χ0n) is 16.1. The van der Waals surface area contributed by atoms with Gasteiger partial charge in [-0.3, -0.25) is 4.79 Å². The zero-order valence-corrected chi connectivity index (χ0v) is 17.0. The molecule has 4 rings (SSSR count). The van der Waals surface area contributed by atoms with Crippen LogP contribution in [0.15, 0.2) is 70.7 Å².